The van der Waals surface area contributed by atoms with E-state index in [0.29, 0.717) is 5.56 Å². The van der Waals surface area contributed by atoms with Crippen LogP contribution in [0.4, 0.5) is 4.39 Å². The van der Waals surface area contributed by atoms with Crippen LogP contribution in [0.2, 0.25) is 0 Å². The smallest absolute Gasteiger partial charge is 0.237 e. The van der Waals surface area contributed by atoms with Crippen molar-refractivity contribution in [1.82, 2.24) is 4.98 Å². The predicted molar refractivity (Wildman–Crippen MR) is 64.9 cm³/mol. The number of aryl methyl sites for hydroxylation is 1. The molecule has 2 rings (SSSR count). The largest absolute Gasteiger partial charge is 0.435 e. The van der Waals surface area contributed by atoms with Gasteiger partial charge in [-0.05, 0) is 36.8 Å². The number of ether oxygens (including phenoxy) is 1. The third-order valence-corrected chi connectivity index (χ3v) is 2.50. The summed E-state index contributed by atoms with van der Waals surface area (Å²) in [7, 11) is 0. The first-order valence-corrected chi connectivity index (χ1v) is 5.39. The first-order chi connectivity index (χ1) is 9.15. The van der Waals surface area contributed by atoms with Crippen molar-refractivity contribution in [3.63, 3.8) is 0 Å². The molecule has 0 aliphatic rings. The van der Waals surface area contributed by atoms with Crippen LogP contribution in [-0.4, -0.2) is 4.98 Å². The molecule has 0 bridgehead atoms. The van der Waals surface area contributed by atoms with E-state index in [-0.39, 0.29) is 22.8 Å². The molecule has 2 aromatic rings. The minimum absolute atomic E-state index is 0.0473. The van der Waals surface area contributed by atoms with Gasteiger partial charge in [0.1, 0.15) is 11.6 Å². The summed E-state index contributed by atoms with van der Waals surface area (Å²) in [5.41, 5.74) is 1.15. The van der Waals surface area contributed by atoms with Crippen LogP contribution in [-0.2, 0) is 0 Å². The Bertz CT molecular complexity index is 714. The molecule has 0 amide bonds. The van der Waals surface area contributed by atoms with Gasteiger partial charge in [0, 0.05) is 6.20 Å². The fourth-order valence-corrected chi connectivity index (χ4v) is 1.50. The summed E-state index contributed by atoms with van der Waals surface area (Å²) in [6, 6.07) is 9.29. The van der Waals surface area contributed by atoms with Crippen LogP contribution in [0.15, 0.2) is 30.5 Å². The summed E-state index contributed by atoms with van der Waals surface area (Å²) in [6.45, 7) is 1.74. The molecule has 19 heavy (non-hydrogen) atoms. The van der Waals surface area contributed by atoms with Crippen molar-refractivity contribution >= 4 is 0 Å². The highest BCUT2D eigenvalue weighted by molar-refractivity contribution is 5.46. The van der Waals surface area contributed by atoms with Crippen molar-refractivity contribution in [2.75, 3.05) is 0 Å². The number of nitrogens with zero attached hydrogens (tertiary/aromatic N) is 3. The van der Waals surface area contributed by atoms with Gasteiger partial charge in [0.25, 0.3) is 0 Å². The predicted octanol–water partition coefficient (Wildman–Crippen LogP) is 3.06. The molecule has 0 unspecified atom stereocenters. The molecule has 1 heterocycles. The lowest BCUT2D eigenvalue weighted by atomic mass is 10.2. The Morgan fingerprint density at radius 1 is 1.21 bits per heavy atom. The number of halogens is 1. The van der Waals surface area contributed by atoms with Gasteiger partial charge in [0.15, 0.2) is 11.6 Å². The van der Waals surface area contributed by atoms with E-state index in [1.165, 1.54) is 18.3 Å². The minimum atomic E-state index is -0.675. The monoisotopic (exact) mass is 253 g/mol. The van der Waals surface area contributed by atoms with Crippen LogP contribution in [0.5, 0.6) is 11.6 Å². The van der Waals surface area contributed by atoms with E-state index in [1.807, 2.05) is 12.1 Å². The maximum absolute atomic E-state index is 13.7. The van der Waals surface area contributed by atoms with Gasteiger partial charge >= 0.3 is 0 Å². The number of hydrogen-bond donors (Lipinski definition) is 0. The lowest BCUT2D eigenvalue weighted by Gasteiger charge is -2.08. The fourth-order valence-electron chi connectivity index (χ4n) is 1.50. The van der Waals surface area contributed by atoms with Crippen molar-refractivity contribution < 1.29 is 9.13 Å². The Labute approximate surface area is 109 Å². The molecule has 0 atom stereocenters. The molecule has 0 radical (unpaired) electrons. The second-order valence-corrected chi connectivity index (χ2v) is 3.78. The standard InChI is InChI=1S/C14H8FN3O/c1-9-4-5-18-14(11(9)8-17)19-13-3-2-10(7-16)6-12(13)15/h2-6H,1H3. The van der Waals surface area contributed by atoms with Gasteiger partial charge < -0.3 is 4.74 Å². The zero-order valence-corrected chi connectivity index (χ0v) is 10.0. The van der Waals surface area contributed by atoms with Crippen molar-refractivity contribution in [2.45, 2.75) is 6.92 Å². The molecule has 4 nitrogen and oxygen atoms in total. The lowest BCUT2D eigenvalue weighted by molar-refractivity contribution is 0.426. The zero-order valence-electron chi connectivity index (χ0n) is 10.0. The van der Waals surface area contributed by atoms with E-state index < -0.39 is 5.82 Å². The number of rotatable bonds is 2. The lowest BCUT2D eigenvalue weighted by Crippen LogP contribution is -1.96. The average Bonchev–Trinajstić information content (AvgIpc) is 2.41. The van der Waals surface area contributed by atoms with Crippen molar-refractivity contribution in [3.8, 4) is 23.8 Å². The van der Waals surface area contributed by atoms with Gasteiger partial charge in [0.05, 0.1) is 11.6 Å². The molecule has 0 saturated carbocycles. The van der Waals surface area contributed by atoms with Crippen LogP contribution < -0.4 is 4.74 Å². The van der Waals surface area contributed by atoms with Crippen LogP contribution in [0.1, 0.15) is 16.7 Å². The second kappa shape index (κ2) is 5.16. The molecule has 0 saturated heterocycles. The normalized spacial score (nSPS) is 9.47. The third-order valence-electron chi connectivity index (χ3n) is 2.50. The van der Waals surface area contributed by atoms with E-state index >= 15 is 0 Å². The van der Waals surface area contributed by atoms with Crippen molar-refractivity contribution in [1.29, 1.82) is 10.5 Å². The van der Waals surface area contributed by atoms with Crippen LogP contribution in [0.3, 0.4) is 0 Å². The highest BCUT2D eigenvalue weighted by atomic mass is 19.1. The summed E-state index contributed by atoms with van der Waals surface area (Å²) in [5, 5.41) is 17.7. The molecule has 1 aromatic heterocycles. The SMILES string of the molecule is Cc1ccnc(Oc2ccc(C#N)cc2F)c1C#N. The Morgan fingerprint density at radius 3 is 2.63 bits per heavy atom. The summed E-state index contributed by atoms with van der Waals surface area (Å²) < 4.78 is 19.0. The van der Waals surface area contributed by atoms with Gasteiger partial charge in [0.2, 0.25) is 5.88 Å². The molecule has 0 aliphatic heterocycles. The first kappa shape index (κ1) is 12.5. The molecule has 0 aliphatic carbocycles. The molecule has 0 spiro atoms. The first-order valence-electron chi connectivity index (χ1n) is 5.39. The van der Waals surface area contributed by atoms with E-state index in [0.717, 1.165) is 6.07 Å². The van der Waals surface area contributed by atoms with E-state index in [2.05, 4.69) is 4.98 Å². The maximum Gasteiger partial charge on any atom is 0.237 e. The van der Waals surface area contributed by atoms with Gasteiger partial charge in [-0.25, -0.2) is 9.37 Å². The molecule has 0 N–H and O–H groups in total. The molecule has 5 heteroatoms. The van der Waals surface area contributed by atoms with E-state index in [4.69, 9.17) is 15.3 Å². The highest BCUT2D eigenvalue weighted by Gasteiger charge is 2.12. The Balaban J connectivity index is 2.41. The Kier molecular flexibility index (Phi) is 3.40. The number of aromatic nitrogens is 1. The zero-order chi connectivity index (χ0) is 13.8. The average molecular weight is 253 g/mol. The second-order valence-electron chi connectivity index (χ2n) is 3.78. The minimum Gasteiger partial charge on any atom is -0.435 e. The summed E-state index contributed by atoms with van der Waals surface area (Å²) in [4.78, 5) is 3.91. The molecule has 1 aromatic carbocycles. The third kappa shape index (κ3) is 2.51. The van der Waals surface area contributed by atoms with E-state index in [1.54, 1.807) is 13.0 Å². The fraction of sp³-hybridized carbons (Fsp3) is 0.0714. The molecule has 0 fully saturated rings. The van der Waals surface area contributed by atoms with Crippen molar-refractivity contribution in [3.05, 3.63) is 53.0 Å². The topological polar surface area (TPSA) is 69.7 Å². The van der Waals surface area contributed by atoms with Gasteiger partial charge in [-0.1, -0.05) is 0 Å². The quantitative estimate of drug-likeness (QED) is 0.824. The Morgan fingerprint density at radius 2 is 2.00 bits per heavy atom. The molecule has 92 valence electrons. The summed E-state index contributed by atoms with van der Waals surface area (Å²) >= 11 is 0. The molecular weight excluding hydrogens is 245 g/mol. The number of nitriles is 2. The number of pyridine rings is 1. The van der Waals surface area contributed by atoms with Crippen LogP contribution in [0, 0.1) is 35.4 Å². The van der Waals surface area contributed by atoms with Gasteiger partial charge in [-0.15, -0.1) is 0 Å². The summed E-state index contributed by atoms with van der Waals surface area (Å²) in [6.07, 6.45) is 1.48. The van der Waals surface area contributed by atoms with Crippen molar-refractivity contribution in [2.24, 2.45) is 0 Å². The van der Waals surface area contributed by atoms with Crippen LogP contribution >= 0.6 is 0 Å². The number of benzene rings is 1. The maximum atomic E-state index is 13.7. The summed E-state index contributed by atoms with van der Waals surface area (Å²) in [5.74, 6) is -0.703. The van der Waals surface area contributed by atoms with Crippen LogP contribution in [0.25, 0.3) is 0 Å². The number of hydrogen-bond acceptors (Lipinski definition) is 4. The molecular formula is C14H8FN3O. The van der Waals surface area contributed by atoms with E-state index in [9.17, 15) is 4.39 Å². The highest BCUT2D eigenvalue weighted by Crippen LogP contribution is 2.27. The van der Waals surface area contributed by atoms with Gasteiger partial charge in [-0.3, -0.25) is 0 Å². The van der Waals surface area contributed by atoms with Gasteiger partial charge in [-0.2, -0.15) is 10.5 Å². The Hall–Kier alpha value is -2.92.